The third kappa shape index (κ3) is 75.1. The number of unbranched alkanes of at least 4 members (excludes halogenated alkanes) is 61. The largest absolute Gasteiger partial charge is 0.466 e. The fraction of sp³-hybridized carbons (Fsp3) is 0.905. The number of carbonyl (C=O) groups excluding carboxylic acids is 2. The van der Waals surface area contributed by atoms with E-state index in [-0.39, 0.29) is 18.5 Å². The molecule has 90 heavy (non-hydrogen) atoms. The summed E-state index contributed by atoms with van der Waals surface area (Å²) in [6.45, 7) is 5.00. The minimum atomic E-state index is -0.664. The summed E-state index contributed by atoms with van der Waals surface area (Å²) in [5.74, 6) is -0.0130. The Labute approximate surface area is 564 Å². The predicted octanol–water partition coefficient (Wildman–Crippen LogP) is 27.4. The summed E-state index contributed by atoms with van der Waals surface area (Å²) in [4.78, 5) is 24.7. The Balaban J connectivity index is 3.36. The molecular formula is C84H161NO5. The average Bonchev–Trinajstić information content (AvgIpc) is 3.71. The minimum absolute atomic E-state index is 0.0148. The lowest BCUT2D eigenvalue weighted by molar-refractivity contribution is -0.143. The van der Waals surface area contributed by atoms with Gasteiger partial charge in [0.1, 0.15) is 0 Å². The van der Waals surface area contributed by atoms with Gasteiger partial charge in [0.25, 0.3) is 0 Å². The van der Waals surface area contributed by atoms with Gasteiger partial charge in [0.05, 0.1) is 25.4 Å². The number of aliphatic hydroxyl groups is 2. The van der Waals surface area contributed by atoms with Crippen LogP contribution in [0.2, 0.25) is 0 Å². The molecule has 0 aromatic rings. The molecule has 0 radical (unpaired) electrons. The van der Waals surface area contributed by atoms with Gasteiger partial charge in [-0.25, -0.2) is 0 Å². The Kier molecular flexibility index (Phi) is 77.8. The number of amides is 1. The Hall–Kier alpha value is -1.92. The minimum Gasteiger partial charge on any atom is -0.466 e. The highest BCUT2D eigenvalue weighted by atomic mass is 16.5. The van der Waals surface area contributed by atoms with Gasteiger partial charge in [-0.15, -0.1) is 0 Å². The predicted molar refractivity (Wildman–Crippen MR) is 398 cm³/mol. The van der Waals surface area contributed by atoms with E-state index in [1.807, 2.05) is 0 Å². The Morgan fingerprint density at radius 2 is 0.556 bits per heavy atom. The second-order valence-electron chi connectivity index (χ2n) is 28.5. The van der Waals surface area contributed by atoms with E-state index in [4.69, 9.17) is 4.74 Å². The molecule has 0 rings (SSSR count). The number of allylic oxidation sites excluding steroid dienone is 6. The van der Waals surface area contributed by atoms with E-state index in [1.165, 1.54) is 379 Å². The monoisotopic (exact) mass is 1260 g/mol. The number of esters is 1. The molecule has 6 heteroatoms. The molecule has 1 amide bonds. The van der Waals surface area contributed by atoms with Crippen molar-refractivity contribution in [3.8, 4) is 0 Å². The first-order valence-corrected chi connectivity index (χ1v) is 41.2. The first-order chi connectivity index (χ1) is 44.5. The molecule has 0 aromatic carbocycles. The molecule has 2 unspecified atom stereocenters. The Morgan fingerprint density at radius 1 is 0.311 bits per heavy atom. The number of rotatable bonds is 78. The van der Waals surface area contributed by atoms with Gasteiger partial charge in [0.2, 0.25) is 5.91 Å². The van der Waals surface area contributed by atoms with Crippen LogP contribution in [0.1, 0.15) is 463 Å². The van der Waals surface area contributed by atoms with Crippen molar-refractivity contribution in [3.05, 3.63) is 36.5 Å². The molecule has 0 saturated heterocycles. The van der Waals surface area contributed by atoms with E-state index in [2.05, 4.69) is 55.6 Å². The van der Waals surface area contributed by atoms with E-state index >= 15 is 0 Å². The standard InChI is InChI=1S/C84H161NO5/c1-3-5-7-9-11-13-15-17-19-21-23-41-44-48-52-56-60-64-68-72-76-82(87)81(80-86)85-83(88)77-73-69-65-61-57-53-49-45-42-39-37-35-33-31-29-27-25-24-26-28-30-32-34-36-38-40-43-47-51-55-59-63-67-71-75-79-90-84(89)78-74-70-66-62-58-54-50-46-22-20-18-16-14-12-10-8-6-4-2/h20,22,26,28,32,34,81-82,86-87H,3-19,21,23-25,27,29-31,33,35-80H2,1-2H3,(H,85,88)/b22-20-,28-26-,34-32-. The van der Waals surface area contributed by atoms with Crippen LogP contribution in [-0.2, 0) is 14.3 Å². The van der Waals surface area contributed by atoms with E-state index in [1.54, 1.807) is 0 Å². The summed E-state index contributed by atoms with van der Waals surface area (Å²) in [5, 5.41) is 23.4. The third-order valence-corrected chi connectivity index (χ3v) is 19.4. The van der Waals surface area contributed by atoms with Gasteiger partial charge in [-0.3, -0.25) is 9.59 Å². The lowest BCUT2D eigenvalue weighted by Crippen LogP contribution is -2.45. The smallest absolute Gasteiger partial charge is 0.305 e. The van der Waals surface area contributed by atoms with Crippen molar-refractivity contribution in [1.29, 1.82) is 0 Å². The number of nitrogens with one attached hydrogen (secondary N) is 1. The van der Waals surface area contributed by atoms with Gasteiger partial charge in [-0.05, 0) is 83.5 Å². The summed E-state index contributed by atoms with van der Waals surface area (Å²) >= 11 is 0. The van der Waals surface area contributed by atoms with Crippen molar-refractivity contribution in [2.24, 2.45) is 0 Å². The highest BCUT2D eigenvalue weighted by Crippen LogP contribution is 2.20. The fourth-order valence-corrected chi connectivity index (χ4v) is 13.1. The van der Waals surface area contributed by atoms with E-state index < -0.39 is 12.1 Å². The molecule has 0 bridgehead atoms. The van der Waals surface area contributed by atoms with Crippen molar-refractivity contribution in [2.75, 3.05) is 13.2 Å². The molecule has 0 aliphatic carbocycles. The Bertz CT molecular complexity index is 1460. The molecule has 3 N–H and O–H groups in total. The highest BCUT2D eigenvalue weighted by molar-refractivity contribution is 5.76. The third-order valence-electron chi connectivity index (χ3n) is 19.4. The molecule has 6 nitrogen and oxygen atoms in total. The number of carbonyl (C=O) groups is 2. The van der Waals surface area contributed by atoms with Crippen molar-refractivity contribution in [3.63, 3.8) is 0 Å². The van der Waals surface area contributed by atoms with Gasteiger partial charge >= 0.3 is 5.97 Å². The van der Waals surface area contributed by atoms with Crippen LogP contribution in [0.4, 0.5) is 0 Å². The van der Waals surface area contributed by atoms with Gasteiger partial charge in [0, 0.05) is 12.8 Å². The highest BCUT2D eigenvalue weighted by Gasteiger charge is 2.20. The zero-order valence-corrected chi connectivity index (χ0v) is 61.1. The van der Waals surface area contributed by atoms with Gasteiger partial charge in [0.15, 0.2) is 0 Å². The zero-order chi connectivity index (χ0) is 64.9. The van der Waals surface area contributed by atoms with Crippen LogP contribution < -0.4 is 5.32 Å². The summed E-state index contributed by atoms with van der Waals surface area (Å²) < 4.78 is 5.51. The number of hydrogen-bond acceptors (Lipinski definition) is 5. The average molecular weight is 1270 g/mol. The zero-order valence-electron chi connectivity index (χ0n) is 61.1. The maximum absolute atomic E-state index is 12.6. The first kappa shape index (κ1) is 88.1. The molecule has 0 heterocycles. The van der Waals surface area contributed by atoms with Crippen LogP contribution in [0, 0.1) is 0 Å². The molecule has 2 atom stereocenters. The fourth-order valence-electron chi connectivity index (χ4n) is 13.1. The van der Waals surface area contributed by atoms with Crippen molar-refractivity contribution in [1.82, 2.24) is 5.32 Å². The first-order valence-electron chi connectivity index (χ1n) is 41.2. The van der Waals surface area contributed by atoms with Gasteiger partial charge < -0.3 is 20.3 Å². The lowest BCUT2D eigenvalue weighted by Gasteiger charge is -2.22. The quantitative estimate of drug-likeness (QED) is 0.0320. The maximum Gasteiger partial charge on any atom is 0.305 e. The molecule has 0 aliphatic heterocycles. The van der Waals surface area contributed by atoms with Gasteiger partial charge in [-0.1, -0.05) is 403 Å². The topological polar surface area (TPSA) is 95.9 Å². The summed E-state index contributed by atoms with van der Waals surface area (Å²) in [6, 6.07) is -0.541. The summed E-state index contributed by atoms with van der Waals surface area (Å²) in [5.41, 5.74) is 0. The SMILES string of the molecule is CCCCCCCCC/C=C\CCCCCCCCCC(=O)OCCCCCCCCCCCCC/C=C\C/C=C\CCCCCCCCCCCCCCCCCCCC(=O)NC(CO)C(O)CCCCCCCCCCCCCCCCCCCCCC. The molecule has 0 aliphatic rings. The number of ether oxygens (including phenoxy) is 1. The van der Waals surface area contributed by atoms with E-state index in [0.29, 0.717) is 25.9 Å². The van der Waals surface area contributed by atoms with Gasteiger partial charge in [-0.2, -0.15) is 0 Å². The molecular weight excluding hydrogens is 1100 g/mol. The summed E-state index contributed by atoms with van der Waals surface area (Å²) in [7, 11) is 0. The van der Waals surface area contributed by atoms with Crippen LogP contribution in [0.5, 0.6) is 0 Å². The normalized spacial score (nSPS) is 12.6. The van der Waals surface area contributed by atoms with Crippen LogP contribution >= 0.6 is 0 Å². The van der Waals surface area contributed by atoms with Crippen LogP contribution in [0.3, 0.4) is 0 Å². The van der Waals surface area contributed by atoms with Crippen LogP contribution in [-0.4, -0.2) is 47.4 Å². The number of aliphatic hydroxyl groups excluding tert-OH is 2. The van der Waals surface area contributed by atoms with Crippen LogP contribution in [0.15, 0.2) is 36.5 Å². The molecule has 0 fully saturated rings. The molecule has 0 aromatic heterocycles. The summed E-state index contributed by atoms with van der Waals surface area (Å²) in [6.07, 6.45) is 104. The second kappa shape index (κ2) is 79.5. The van der Waals surface area contributed by atoms with E-state index in [9.17, 15) is 19.8 Å². The second-order valence-corrected chi connectivity index (χ2v) is 28.5. The van der Waals surface area contributed by atoms with E-state index in [0.717, 1.165) is 51.4 Å². The molecule has 0 spiro atoms. The Morgan fingerprint density at radius 3 is 0.856 bits per heavy atom. The van der Waals surface area contributed by atoms with Crippen LogP contribution in [0.25, 0.3) is 0 Å². The molecule has 0 saturated carbocycles. The van der Waals surface area contributed by atoms with Crippen molar-refractivity contribution in [2.45, 2.75) is 475 Å². The lowest BCUT2D eigenvalue weighted by atomic mass is 10.0. The van der Waals surface area contributed by atoms with Crippen molar-refractivity contribution < 1.29 is 24.5 Å². The molecule has 532 valence electrons. The maximum atomic E-state index is 12.6. The van der Waals surface area contributed by atoms with Crippen molar-refractivity contribution >= 4 is 11.9 Å². The number of hydrogen-bond donors (Lipinski definition) is 3.